The Bertz CT molecular complexity index is 638. The molecular formula is C15H18O7. The van der Waals surface area contributed by atoms with Crippen LogP contribution < -0.4 is 0 Å². The summed E-state index contributed by atoms with van der Waals surface area (Å²) in [5, 5.41) is 21.9. The molecule has 2 N–H and O–H groups in total. The molecule has 0 amide bonds. The second kappa shape index (κ2) is 3.07. The first-order valence-corrected chi connectivity index (χ1v) is 7.63. The van der Waals surface area contributed by atoms with E-state index in [1.807, 2.05) is 0 Å². The molecule has 3 aliphatic heterocycles. The summed E-state index contributed by atoms with van der Waals surface area (Å²) in [6.07, 6.45) is -1.78. The summed E-state index contributed by atoms with van der Waals surface area (Å²) in [6.45, 7) is 4.92. The van der Waals surface area contributed by atoms with Gasteiger partial charge in [0.2, 0.25) is 5.60 Å². The Morgan fingerprint density at radius 2 is 1.95 bits per heavy atom. The number of carbonyl (C=O) groups is 2. The Kier molecular flexibility index (Phi) is 1.85. The maximum atomic E-state index is 12.4. The summed E-state index contributed by atoms with van der Waals surface area (Å²) in [7, 11) is 0. The lowest BCUT2D eigenvalue weighted by Gasteiger charge is -2.53. The van der Waals surface area contributed by atoms with Crippen molar-refractivity contribution in [2.45, 2.75) is 62.3 Å². The number of carbonyl (C=O) groups excluding carboxylic acids is 2. The largest absolute Gasteiger partial charge is 0.458 e. The third-order valence-electron chi connectivity index (χ3n) is 6.85. The quantitative estimate of drug-likeness (QED) is 0.479. The Morgan fingerprint density at radius 3 is 2.59 bits per heavy atom. The standard InChI is InChI=1S/C15H18O7/c1-12(2,18)6-7-10(16)20-8(6)9-13(3)14(7,19)4-5-15(13,22-5)11(17)21-9/h5-9,18-19H,4H2,1-3H3/t5-,6-,7-,8+,9-,13-,14+,15-/m0/s1. The third kappa shape index (κ3) is 0.962. The zero-order chi connectivity index (χ0) is 15.9. The van der Waals surface area contributed by atoms with Gasteiger partial charge in [-0.1, -0.05) is 0 Å². The van der Waals surface area contributed by atoms with Gasteiger partial charge >= 0.3 is 11.9 Å². The van der Waals surface area contributed by atoms with Gasteiger partial charge in [0.25, 0.3) is 0 Å². The van der Waals surface area contributed by atoms with Crippen molar-refractivity contribution in [3.05, 3.63) is 0 Å². The minimum absolute atomic E-state index is 0.189. The van der Waals surface area contributed by atoms with Crippen molar-refractivity contribution >= 4 is 11.9 Å². The summed E-state index contributed by atoms with van der Waals surface area (Å²) in [6, 6.07) is 0. The number of esters is 2. The monoisotopic (exact) mass is 310 g/mol. The molecule has 1 spiro atoms. The number of hydrogen-bond acceptors (Lipinski definition) is 7. The van der Waals surface area contributed by atoms with Crippen LogP contribution in [-0.2, 0) is 23.8 Å². The molecule has 2 saturated carbocycles. The van der Waals surface area contributed by atoms with Gasteiger partial charge in [0.15, 0.2) is 6.10 Å². The van der Waals surface area contributed by atoms with E-state index in [2.05, 4.69) is 0 Å². The fourth-order valence-corrected chi connectivity index (χ4v) is 5.83. The average molecular weight is 310 g/mol. The number of fused-ring (bicyclic) bond motifs is 4. The van der Waals surface area contributed by atoms with Gasteiger partial charge in [-0.05, 0) is 20.8 Å². The molecule has 3 saturated heterocycles. The molecule has 8 atom stereocenters. The lowest BCUT2D eigenvalue weighted by molar-refractivity contribution is -0.223. The van der Waals surface area contributed by atoms with E-state index in [1.54, 1.807) is 20.8 Å². The zero-order valence-electron chi connectivity index (χ0n) is 12.5. The molecule has 2 aliphatic carbocycles. The summed E-state index contributed by atoms with van der Waals surface area (Å²) >= 11 is 0. The highest BCUT2D eigenvalue weighted by Gasteiger charge is 2.95. The number of ether oxygens (including phenoxy) is 3. The molecule has 120 valence electrons. The van der Waals surface area contributed by atoms with Gasteiger partial charge < -0.3 is 24.4 Å². The SMILES string of the molecule is CC(C)(O)[C@@H]1[C@H]2OC(=O)[C@H]1[C@]1(O)C[C@@H]3O[C@]34C(=O)O[C@@H]2[C@@]14C. The molecule has 0 aromatic heterocycles. The molecule has 22 heavy (non-hydrogen) atoms. The molecule has 0 radical (unpaired) electrons. The van der Waals surface area contributed by atoms with Gasteiger partial charge in [0, 0.05) is 12.3 Å². The first-order valence-electron chi connectivity index (χ1n) is 7.63. The van der Waals surface area contributed by atoms with E-state index in [0.717, 1.165) is 0 Å². The fourth-order valence-electron chi connectivity index (χ4n) is 5.83. The summed E-state index contributed by atoms with van der Waals surface area (Å²) in [5.41, 5.74) is -4.89. The van der Waals surface area contributed by atoms with E-state index in [9.17, 15) is 19.8 Å². The number of epoxide rings is 1. The fraction of sp³-hybridized carbons (Fsp3) is 0.867. The van der Waals surface area contributed by atoms with Crippen LogP contribution in [0.25, 0.3) is 0 Å². The van der Waals surface area contributed by atoms with Crippen molar-refractivity contribution in [3.8, 4) is 0 Å². The first-order chi connectivity index (χ1) is 10.1. The second-order valence-electron chi connectivity index (χ2n) is 8.06. The van der Waals surface area contributed by atoms with Crippen LogP contribution in [0, 0.1) is 17.3 Å². The molecule has 5 rings (SSSR count). The zero-order valence-corrected chi connectivity index (χ0v) is 12.5. The smallest absolute Gasteiger partial charge is 0.342 e. The van der Waals surface area contributed by atoms with E-state index in [4.69, 9.17) is 14.2 Å². The van der Waals surface area contributed by atoms with E-state index < -0.39 is 64.3 Å². The molecule has 0 unspecified atom stereocenters. The Hall–Kier alpha value is -1.18. The van der Waals surface area contributed by atoms with E-state index in [1.165, 1.54) is 0 Å². The Balaban J connectivity index is 1.76. The van der Waals surface area contributed by atoms with Crippen LogP contribution in [0.3, 0.4) is 0 Å². The summed E-state index contributed by atoms with van der Waals surface area (Å²) in [5.74, 6) is -2.51. The van der Waals surface area contributed by atoms with Gasteiger partial charge in [-0.2, -0.15) is 0 Å². The normalized spacial score (nSPS) is 60.7. The Morgan fingerprint density at radius 1 is 1.27 bits per heavy atom. The molecule has 7 nitrogen and oxygen atoms in total. The van der Waals surface area contributed by atoms with Gasteiger partial charge in [-0.25, -0.2) is 4.79 Å². The maximum Gasteiger partial charge on any atom is 0.342 e. The van der Waals surface area contributed by atoms with Crippen LogP contribution in [0.5, 0.6) is 0 Å². The van der Waals surface area contributed by atoms with Crippen LogP contribution in [0.4, 0.5) is 0 Å². The lowest BCUT2D eigenvalue weighted by atomic mass is 9.52. The van der Waals surface area contributed by atoms with Gasteiger partial charge in [-0.3, -0.25) is 4.79 Å². The predicted molar refractivity (Wildman–Crippen MR) is 68.3 cm³/mol. The number of rotatable bonds is 1. The highest BCUT2D eigenvalue weighted by atomic mass is 16.7. The first kappa shape index (κ1) is 13.3. The van der Waals surface area contributed by atoms with Crippen molar-refractivity contribution < 1.29 is 34.0 Å². The van der Waals surface area contributed by atoms with E-state index in [-0.39, 0.29) is 6.42 Å². The molecular weight excluding hydrogens is 292 g/mol. The van der Waals surface area contributed by atoms with Gasteiger partial charge in [-0.15, -0.1) is 0 Å². The number of hydrogen-bond donors (Lipinski definition) is 2. The average Bonchev–Trinajstić information content (AvgIpc) is 2.85. The van der Waals surface area contributed by atoms with Crippen LogP contribution in [0.15, 0.2) is 0 Å². The van der Waals surface area contributed by atoms with Crippen molar-refractivity contribution in [2.75, 3.05) is 0 Å². The van der Waals surface area contributed by atoms with Crippen molar-refractivity contribution in [2.24, 2.45) is 17.3 Å². The van der Waals surface area contributed by atoms with Crippen LogP contribution in [0.1, 0.15) is 27.2 Å². The minimum atomic E-state index is -1.47. The highest BCUT2D eigenvalue weighted by Crippen LogP contribution is 2.77. The van der Waals surface area contributed by atoms with Gasteiger partial charge in [0.05, 0.1) is 22.5 Å². The van der Waals surface area contributed by atoms with Crippen molar-refractivity contribution in [1.29, 1.82) is 0 Å². The Labute approximate surface area is 126 Å². The predicted octanol–water partition coefficient (Wildman–Crippen LogP) is -0.867. The van der Waals surface area contributed by atoms with Crippen LogP contribution >= 0.6 is 0 Å². The molecule has 5 fully saturated rings. The molecule has 0 aromatic carbocycles. The third-order valence-corrected chi connectivity index (χ3v) is 6.85. The molecule has 0 aromatic rings. The summed E-state index contributed by atoms with van der Waals surface area (Å²) < 4.78 is 16.5. The van der Waals surface area contributed by atoms with Crippen LogP contribution in [-0.4, -0.2) is 57.3 Å². The second-order valence-corrected chi connectivity index (χ2v) is 8.06. The maximum absolute atomic E-state index is 12.4. The topological polar surface area (TPSA) is 106 Å². The van der Waals surface area contributed by atoms with Crippen LogP contribution in [0.2, 0.25) is 0 Å². The van der Waals surface area contributed by atoms with E-state index >= 15 is 0 Å². The van der Waals surface area contributed by atoms with Crippen molar-refractivity contribution in [3.63, 3.8) is 0 Å². The van der Waals surface area contributed by atoms with Gasteiger partial charge in [0.1, 0.15) is 12.2 Å². The molecule has 3 heterocycles. The van der Waals surface area contributed by atoms with E-state index in [0.29, 0.717) is 0 Å². The lowest BCUT2D eigenvalue weighted by Crippen LogP contribution is -2.68. The number of aliphatic hydroxyl groups is 2. The molecule has 7 heteroatoms. The molecule has 2 bridgehead atoms. The molecule has 5 aliphatic rings. The minimum Gasteiger partial charge on any atom is -0.458 e. The highest BCUT2D eigenvalue weighted by molar-refractivity contribution is 5.91. The summed E-state index contributed by atoms with van der Waals surface area (Å²) in [4.78, 5) is 24.8. The van der Waals surface area contributed by atoms with Crippen molar-refractivity contribution in [1.82, 2.24) is 0 Å².